The highest BCUT2D eigenvalue weighted by molar-refractivity contribution is 5.94. The molecule has 0 bridgehead atoms. The normalized spacial score (nSPS) is 15.2. The summed E-state index contributed by atoms with van der Waals surface area (Å²) in [5.41, 5.74) is 1.61. The van der Waals surface area contributed by atoms with Crippen molar-refractivity contribution in [1.82, 2.24) is 4.98 Å². The van der Waals surface area contributed by atoms with Crippen LogP contribution in [0.25, 0.3) is 0 Å². The molecule has 0 unspecified atom stereocenters. The second kappa shape index (κ2) is 7.13. The van der Waals surface area contributed by atoms with Crippen LogP contribution in [0.3, 0.4) is 0 Å². The number of carbonyl (C=O) groups is 1. The Balaban J connectivity index is 1.58. The number of hydrogen-bond acceptors (Lipinski definition) is 4. The number of nitrogens with one attached hydrogen (secondary N) is 1. The van der Waals surface area contributed by atoms with E-state index in [1.54, 1.807) is 6.20 Å². The summed E-state index contributed by atoms with van der Waals surface area (Å²) in [6.07, 6.45) is 1.74. The molecule has 1 amide bonds. The first-order valence-electron chi connectivity index (χ1n) is 8.76. The molecule has 132 valence electrons. The van der Waals surface area contributed by atoms with Crippen LogP contribution in [0.5, 0.6) is 0 Å². The third-order valence-electron chi connectivity index (χ3n) is 4.41. The summed E-state index contributed by atoms with van der Waals surface area (Å²) in [4.78, 5) is 21.2. The fourth-order valence-electron chi connectivity index (χ4n) is 2.80. The topological polar surface area (TPSA) is 48.5 Å². The lowest BCUT2D eigenvalue weighted by molar-refractivity contribution is -0.123. The van der Waals surface area contributed by atoms with Crippen LogP contribution in [0.4, 0.5) is 17.2 Å². The molecule has 0 saturated carbocycles. The van der Waals surface area contributed by atoms with Gasteiger partial charge in [0.15, 0.2) is 0 Å². The zero-order valence-corrected chi connectivity index (χ0v) is 15.2. The molecule has 0 aliphatic carbocycles. The van der Waals surface area contributed by atoms with Crippen LogP contribution >= 0.6 is 0 Å². The molecule has 5 nitrogen and oxygen atoms in total. The number of aromatic nitrogens is 1. The van der Waals surface area contributed by atoms with Crippen LogP contribution in [0.2, 0.25) is 0 Å². The largest absolute Gasteiger partial charge is 0.368 e. The van der Waals surface area contributed by atoms with Crippen molar-refractivity contribution in [3.05, 3.63) is 48.7 Å². The SMILES string of the molecule is CC(C)(C)C(=O)Nc1ccc(N2CCN(c3ccccc3)CC2)nc1. The van der Waals surface area contributed by atoms with E-state index in [9.17, 15) is 4.79 Å². The summed E-state index contributed by atoms with van der Waals surface area (Å²) in [6, 6.07) is 14.4. The molecule has 1 aromatic heterocycles. The average molecular weight is 338 g/mol. The maximum absolute atomic E-state index is 12.0. The van der Waals surface area contributed by atoms with Crippen LogP contribution < -0.4 is 15.1 Å². The van der Waals surface area contributed by atoms with Crippen molar-refractivity contribution in [3.8, 4) is 0 Å². The van der Waals surface area contributed by atoms with Crippen LogP contribution in [0.15, 0.2) is 48.7 Å². The molecule has 5 heteroatoms. The monoisotopic (exact) mass is 338 g/mol. The van der Waals surface area contributed by atoms with Crippen molar-refractivity contribution in [2.24, 2.45) is 5.41 Å². The minimum atomic E-state index is -0.410. The Morgan fingerprint density at radius 2 is 1.60 bits per heavy atom. The third-order valence-corrected chi connectivity index (χ3v) is 4.41. The van der Waals surface area contributed by atoms with Crippen LogP contribution in [0.1, 0.15) is 20.8 Å². The number of hydrogen-bond donors (Lipinski definition) is 1. The lowest BCUT2D eigenvalue weighted by atomic mass is 9.96. The number of pyridine rings is 1. The van der Waals surface area contributed by atoms with Crippen LogP contribution in [0, 0.1) is 5.41 Å². The quantitative estimate of drug-likeness (QED) is 0.932. The summed E-state index contributed by atoms with van der Waals surface area (Å²) in [6.45, 7) is 9.54. The summed E-state index contributed by atoms with van der Waals surface area (Å²) >= 11 is 0. The summed E-state index contributed by atoms with van der Waals surface area (Å²) < 4.78 is 0. The van der Waals surface area contributed by atoms with E-state index in [1.165, 1.54) is 5.69 Å². The lowest BCUT2D eigenvalue weighted by Crippen LogP contribution is -2.46. The highest BCUT2D eigenvalue weighted by Crippen LogP contribution is 2.21. The van der Waals surface area contributed by atoms with E-state index in [0.29, 0.717) is 0 Å². The minimum Gasteiger partial charge on any atom is -0.368 e. The van der Waals surface area contributed by atoms with Gasteiger partial charge in [-0.15, -0.1) is 0 Å². The highest BCUT2D eigenvalue weighted by Gasteiger charge is 2.22. The molecule has 1 aliphatic heterocycles. The van der Waals surface area contributed by atoms with Crippen molar-refractivity contribution in [1.29, 1.82) is 0 Å². The van der Waals surface area contributed by atoms with Crippen molar-refractivity contribution < 1.29 is 4.79 Å². The first kappa shape index (κ1) is 17.3. The Morgan fingerprint density at radius 1 is 0.960 bits per heavy atom. The number of para-hydroxylation sites is 1. The Morgan fingerprint density at radius 3 is 2.16 bits per heavy atom. The van der Waals surface area contributed by atoms with Gasteiger partial charge in [-0.05, 0) is 24.3 Å². The Hall–Kier alpha value is -2.56. The first-order valence-corrected chi connectivity index (χ1v) is 8.76. The zero-order chi connectivity index (χ0) is 17.9. The van der Waals surface area contributed by atoms with Gasteiger partial charge >= 0.3 is 0 Å². The van der Waals surface area contributed by atoms with Crippen molar-refractivity contribution in [2.45, 2.75) is 20.8 Å². The van der Waals surface area contributed by atoms with Gasteiger partial charge < -0.3 is 15.1 Å². The van der Waals surface area contributed by atoms with Gasteiger partial charge in [-0.2, -0.15) is 0 Å². The maximum atomic E-state index is 12.0. The number of anilines is 3. The van der Waals surface area contributed by atoms with Crippen LogP contribution in [-0.4, -0.2) is 37.1 Å². The molecule has 0 radical (unpaired) electrons. The van der Waals surface area contributed by atoms with Gasteiger partial charge in [0.25, 0.3) is 0 Å². The molecule has 1 aliphatic rings. The number of benzene rings is 1. The van der Waals surface area contributed by atoms with E-state index < -0.39 is 5.41 Å². The number of rotatable bonds is 3. The third kappa shape index (κ3) is 4.29. The van der Waals surface area contributed by atoms with Crippen molar-refractivity contribution in [3.63, 3.8) is 0 Å². The number of piperazine rings is 1. The molecular formula is C20H26N4O. The van der Waals surface area contributed by atoms with Gasteiger partial charge in [0, 0.05) is 37.3 Å². The summed E-state index contributed by atoms with van der Waals surface area (Å²) in [5.74, 6) is 0.958. The number of nitrogens with zero attached hydrogens (tertiary/aromatic N) is 3. The lowest BCUT2D eigenvalue weighted by Gasteiger charge is -2.36. The van der Waals surface area contributed by atoms with E-state index in [1.807, 2.05) is 39.0 Å². The highest BCUT2D eigenvalue weighted by atomic mass is 16.2. The molecule has 3 rings (SSSR count). The molecule has 1 N–H and O–H groups in total. The van der Waals surface area contributed by atoms with E-state index >= 15 is 0 Å². The second-order valence-corrected chi connectivity index (χ2v) is 7.42. The Labute approximate surface area is 149 Å². The molecule has 0 spiro atoms. The van der Waals surface area contributed by atoms with Crippen LogP contribution in [-0.2, 0) is 4.79 Å². The maximum Gasteiger partial charge on any atom is 0.229 e. The number of carbonyl (C=O) groups excluding carboxylic acids is 1. The predicted molar refractivity (Wildman–Crippen MR) is 103 cm³/mol. The molecular weight excluding hydrogens is 312 g/mol. The summed E-state index contributed by atoms with van der Waals surface area (Å²) in [5, 5.41) is 2.91. The van der Waals surface area contributed by atoms with Gasteiger partial charge in [-0.25, -0.2) is 4.98 Å². The van der Waals surface area contributed by atoms with E-state index in [0.717, 1.165) is 37.7 Å². The van der Waals surface area contributed by atoms with Gasteiger partial charge in [0.1, 0.15) is 5.82 Å². The molecule has 1 aromatic carbocycles. The standard InChI is InChI=1S/C20H26N4O/c1-20(2,3)19(25)22-16-9-10-18(21-15-16)24-13-11-23(12-14-24)17-7-5-4-6-8-17/h4-10,15H,11-14H2,1-3H3,(H,22,25). The Bertz CT molecular complexity index is 699. The molecule has 2 aromatic rings. The van der Waals surface area contributed by atoms with Gasteiger partial charge in [-0.1, -0.05) is 39.0 Å². The zero-order valence-electron chi connectivity index (χ0n) is 15.2. The Kier molecular flexibility index (Phi) is 4.93. The average Bonchev–Trinajstić information content (AvgIpc) is 2.62. The fraction of sp³-hybridized carbons (Fsp3) is 0.400. The number of amides is 1. The van der Waals surface area contributed by atoms with Crippen molar-refractivity contribution >= 4 is 23.1 Å². The minimum absolute atomic E-state index is 0.00137. The second-order valence-electron chi connectivity index (χ2n) is 7.42. The molecule has 25 heavy (non-hydrogen) atoms. The first-order chi connectivity index (χ1) is 11.9. The summed E-state index contributed by atoms with van der Waals surface area (Å²) in [7, 11) is 0. The van der Waals surface area contributed by atoms with E-state index in [4.69, 9.17) is 0 Å². The van der Waals surface area contributed by atoms with Gasteiger partial charge in [0.2, 0.25) is 5.91 Å². The predicted octanol–water partition coefficient (Wildman–Crippen LogP) is 3.39. The molecule has 0 atom stereocenters. The van der Waals surface area contributed by atoms with E-state index in [-0.39, 0.29) is 5.91 Å². The molecule has 1 fully saturated rings. The van der Waals surface area contributed by atoms with Gasteiger partial charge in [0.05, 0.1) is 11.9 Å². The molecule has 1 saturated heterocycles. The molecule has 2 heterocycles. The smallest absolute Gasteiger partial charge is 0.229 e. The van der Waals surface area contributed by atoms with Gasteiger partial charge in [-0.3, -0.25) is 4.79 Å². The van der Waals surface area contributed by atoms with E-state index in [2.05, 4.69) is 44.4 Å². The fourth-order valence-corrected chi connectivity index (χ4v) is 2.80. The van der Waals surface area contributed by atoms with Crippen molar-refractivity contribution in [2.75, 3.05) is 41.3 Å².